The number of ether oxygens (including phenoxy) is 3. The molecule has 150 valence electrons. The Hall–Kier alpha value is -4.06. The number of carbonyl (C=O) groups excluding carboxylic acids is 1. The Kier molecular flexibility index (Phi) is 5.22. The second-order valence-corrected chi connectivity index (χ2v) is 6.62. The van der Waals surface area contributed by atoms with Crippen LogP contribution in [0.1, 0.15) is 15.9 Å². The summed E-state index contributed by atoms with van der Waals surface area (Å²) in [6.45, 7) is 1.94. The van der Waals surface area contributed by atoms with Crippen LogP contribution in [0.2, 0.25) is 0 Å². The van der Waals surface area contributed by atoms with E-state index in [2.05, 4.69) is 0 Å². The van der Waals surface area contributed by atoms with Gasteiger partial charge in [-0.3, -0.25) is 4.79 Å². The summed E-state index contributed by atoms with van der Waals surface area (Å²) < 4.78 is 21.7. The van der Waals surface area contributed by atoms with Gasteiger partial charge in [-0.15, -0.1) is 0 Å². The fourth-order valence-electron chi connectivity index (χ4n) is 2.92. The Morgan fingerprint density at radius 1 is 0.900 bits per heavy atom. The van der Waals surface area contributed by atoms with Gasteiger partial charge in [0.1, 0.15) is 29.1 Å². The highest BCUT2D eigenvalue weighted by molar-refractivity contribution is 5.91. The van der Waals surface area contributed by atoms with Crippen molar-refractivity contribution in [2.45, 2.75) is 6.92 Å². The highest BCUT2D eigenvalue weighted by Gasteiger charge is 2.13. The summed E-state index contributed by atoms with van der Waals surface area (Å²) in [5, 5.41) is 0.324. The average molecular weight is 402 g/mol. The molecule has 0 N–H and O–H groups in total. The highest BCUT2D eigenvalue weighted by Crippen LogP contribution is 2.25. The van der Waals surface area contributed by atoms with E-state index in [1.54, 1.807) is 43.5 Å². The number of hydrogen-bond donors (Lipinski definition) is 0. The molecule has 0 bridgehead atoms. The third-order valence-electron chi connectivity index (χ3n) is 4.47. The molecule has 0 unspecified atom stereocenters. The molecule has 0 aliphatic carbocycles. The van der Waals surface area contributed by atoms with Crippen LogP contribution in [0.5, 0.6) is 23.0 Å². The molecule has 6 nitrogen and oxygen atoms in total. The monoisotopic (exact) mass is 402 g/mol. The molecule has 0 aliphatic rings. The van der Waals surface area contributed by atoms with Crippen molar-refractivity contribution in [3.8, 4) is 23.0 Å². The smallest absolute Gasteiger partial charge is 0.343 e. The Morgan fingerprint density at radius 2 is 1.67 bits per heavy atom. The first kappa shape index (κ1) is 19.3. The van der Waals surface area contributed by atoms with E-state index in [1.165, 1.54) is 18.4 Å². The molecule has 1 heterocycles. The van der Waals surface area contributed by atoms with Crippen LogP contribution in [0, 0.1) is 6.92 Å². The van der Waals surface area contributed by atoms with Crippen LogP contribution >= 0.6 is 0 Å². The van der Waals surface area contributed by atoms with Crippen LogP contribution in [0.15, 0.2) is 82.2 Å². The van der Waals surface area contributed by atoms with E-state index in [0.29, 0.717) is 22.4 Å². The topological polar surface area (TPSA) is 75.0 Å². The first-order chi connectivity index (χ1) is 14.5. The third-order valence-corrected chi connectivity index (χ3v) is 4.47. The number of aryl methyl sites for hydroxylation is 1. The number of fused-ring (bicyclic) bond motifs is 1. The fourth-order valence-corrected chi connectivity index (χ4v) is 2.92. The first-order valence-electron chi connectivity index (χ1n) is 9.20. The van der Waals surface area contributed by atoms with Gasteiger partial charge in [-0.05, 0) is 61.0 Å². The van der Waals surface area contributed by atoms with E-state index in [0.717, 1.165) is 5.56 Å². The molecule has 30 heavy (non-hydrogen) atoms. The minimum atomic E-state index is -0.529. The van der Waals surface area contributed by atoms with Crippen LogP contribution in [0.3, 0.4) is 0 Å². The lowest BCUT2D eigenvalue weighted by atomic mass is 10.2. The van der Waals surface area contributed by atoms with Crippen LogP contribution < -0.4 is 19.6 Å². The van der Waals surface area contributed by atoms with Gasteiger partial charge >= 0.3 is 5.97 Å². The standard InChI is InChI=1S/C24H18O6/c1-15-4-3-5-18(12-15)29-22-14-28-21-13-19(10-11-20(21)23(22)25)30-24(26)16-6-8-17(27-2)9-7-16/h3-14H,1-2H3. The van der Waals surface area contributed by atoms with Gasteiger partial charge in [0, 0.05) is 6.07 Å². The van der Waals surface area contributed by atoms with E-state index >= 15 is 0 Å². The third kappa shape index (κ3) is 4.03. The maximum absolute atomic E-state index is 12.7. The summed E-state index contributed by atoms with van der Waals surface area (Å²) in [5.74, 6) is 1.00. The molecule has 4 aromatic rings. The average Bonchev–Trinajstić information content (AvgIpc) is 2.76. The SMILES string of the molecule is COc1ccc(C(=O)Oc2ccc3c(=O)c(Oc4cccc(C)c4)coc3c2)cc1. The quantitative estimate of drug-likeness (QED) is 0.341. The molecule has 1 aromatic heterocycles. The number of carbonyl (C=O) groups is 1. The van der Waals surface area contributed by atoms with Crippen molar-refractivity contribution in [1.29, 1.82) is 0 Å². The lowest BCUT2D eigenvalue weighted by molar-refractivity contribution is 0.0735. The van der Waals surface area contributed by atoms with Gasteiger partial charge in [0.25, 0.3) is 0 Å². The van der Waals surface area contributed by atoms with Crippen molar-refractivity contribution in [3.05, 3.63) is 94.3 Å². The molecular weight excluding hydrogens is 384 g/mol. The summed E-state index contributed by atoms with van der Waals surface area (Å²) >= 11 is 0. The normalized spacial score (nSPS) is 10.6. The highest BCUT2D eigenvalue weighted by atomic mass is 16.5. The van der Waals surface area contributed by atoms with Gasteiger partial charge in [0.15, 0.2) is 0 Å². The fraction of sp³-hybridized carbons (Fsp3) is 0.0833. The number of rotatable bonds is 5. The van der Waals surface area contributed by atoms with Gasteiger partial charge in [0.05, 0.1) is 18.1 Å². The van der Waals surface area contributed by atoms with Gasteiger partial charge in [-0.2, -0.15) is 0 Å². The van der Waals surface area contributed by atoms with E-state index < -0.39 is 5.97 Å². The van der Waals surface area contributed by atoms with Crippen LogP contribution in [-0.2, 0) is 0 Å². The van der Waals surface area contributed by atoms with Gasteiger partial charge < -0.3 is 18.6 Å². The second-order valence-electron chi connectivity index (χ2n) is 6.62. The van der Waals surface area contributed by atoms with Crippen molar-refractivity contribution in [1.82, 2.24) is 0 Å². The molecule has 0 radical (unpaired) electrons. The molecule has 0 fully saturated rings. The first-order valence-corrected chi connectivity index (χ1v) is 9.20. The van der Waals surface area contributed by atoms with E-state index in [1.807, 2.05) is 25.1 Å². The van der Waals surface area contributed by atoms with E-state index in [4.69, 9.17) is 18.6 Å². The Morgan fingerprint density at radius 3 is 2.40 bits per heavy atom. The molecule has 6 heteroatoms. The molecular formula is C24H18O6. The summed E-state index contributed by atoms with van der Waals surface area (Å²) in [6.07, 6.45) is 1.25. The van der Waals surface area contributed by atoms with Crippen molar-refractivity contribution in [2.24, 2.45) is 0 Å². The van der Waals surface area contributed by atoms with E-state index in [-0.39, 0.29) is 22.5 Å². The molecule has 4 rings (SSSR count). The maximum atomic E-state index is 12.7. The zero-order valence-corrected chi connectivity index (χ0v) is 16.4. The Balaban J connectivity index is 1.57. The molecule has 0 saturated carbocycles. The summed E-state index contributed by atoms with van der Waals surface area (Å²) in [7, 11) is 1.55. The second kappa shape index (κ2) is 8.13. The number of methoxy groups -OCH3 is 1. The Bertz CT molecular complexity index is 1270. The number of benzene rings is 3. The molecule has 0 amide bonds. The predicted octanol–water partition coefficient (Wildman–Crippen LogP) is 5.12. The van der Waals surface area contributed by atoms with Crippen molar-refractivity contribution in [2.75, 3.05) is 7.11 Å². The van der Waals surface area contributed by atoms with Gasteiger partial charge in [-0.25, -0.2) is 4.79 Å². The van der Waals surface area contributed by atoms with Crippen molar-refractivity contribution < 1.29 is 23.4 Å². The van der Waals surface area contributed by atoms with Crippen LogP contribution in [0.25, 0.3) is 11.0 Å². The zero-order valence-electron chi connectivity index (χ0n) is 16.4. The van der Waals surface area contributed by atoms with Crippen LogP contribution in [0.4, 0.5) is 0 Å². The molecule has 0 atom stereocenters. The lowest BCUT2D eigenvalue weighted by Crippen LogP contribution is -2.09. The molecule has 0 spiro atoms. The van der Waals surface area contributed by atoms with Crippen LogP contribution in [-0.4, -0.2) is 13.1 Å². The summed E-state index contributed by atoms with van der Waals surface area (Å²) in [4.78, 5) is 25.1. The lowest BCUT2D eigenvalue weighted by Gasteiger charge is -2.08. The largest absolute Gasteiger partial charge is 0.497 e. The number of esters is 1. The predicted molar refractivity (Wildman–Crippen MR) is 112 cm³/mol. The Labute approximate surface area is 172 Å². The summed E-state index contributed by atoms with van der Waals surface area (Å²) in [5.41, 5.74) is 1.36. The van der Waals surface area contributed by atoms with Gasteiger partial charge in [0.2, 0.25) is 11.2 Å². The maximum Gasteiger partial charge on any atom is 0.343 e. The minimum Gasteiger partial charge on any atom is -0.497 e. The van der Waals surface area contributed by atoms with E-state index in [9.17, 15) is 9.59 Å². The summed E-state index contributed by atoms with van der Waals surface area (Å²) in [6, 6.07) is 18.5. The van der Waals surface area contributed by atoms with Crippen molar-refractivity contribution >= 4 is 16.9 Å². The zero-order chi connectivity index (χ0) is 21.1. The van der Waals surface area contributed by atoms with Crippen molar-refractivity contribution in [3.63, 3.8) is 0 Å². The minimum absolute atomic E-state index is 0.0797. The molecule has 3 aromatic carbocycles. The van der Waals surface area contributed by atoms with Gasteiger partial charge in [-0.1, -0.05) is 12.1 Å². The molecule has 0 aliphatic heterocycles. The molecule has 0 saturated heterocycles. The number of hydrogen-bond acceptors (Lipinski definition) is 6.